The van der Waals surface area contributed by atoms with Gasteiger partial charge in [-0.1, -0.05) is 12.1 Å². The summed E-state index contributed by atoms with van der Waals surface area (Å²) in [5.74, 6) is -0.350. The Bertz CT molecular complexity index is 641. The summed E-state index contributed by atoms with van der Waals surface area (Å²) in [6.07, 6.45) is 0. The Morgan fingerprint density at radius 2 is 1.90 bits per heavy atom. The lowest BCUT2D eigenvalue weighted by atomic mass is 10.1. The van der Waals surface area contributed by atoms with Gasteiger partial charge >= 0.3 is 5.97 Å². The molecular formula is C15H16N2O3. The number of nitrogens with zero attached hydrogens (tertiary/aromatic N) is 1. The van der Waals surface area contributed by atoms with Gasteiger partial charge in [0.25, 0.3) is 0 Å². The monoisotopic (exact) mass is 272 g/mol. The third-order valence-electron chi connectivity index (χ3n) is 3.06. The predicted molar refractivity (Wildman–Crippen MR) is 78.9 cm³/mol. The number of carbonyl (C=O) groups is 1. The smallest absolute Gasteiger partial charge is 0.337 e. The van der Waals surface area contributed by atoms with Crippen LogP contribution in [0.3, 0.4) is 0 Å². The number of carboxylic acids is 1. The van der Waals surface area contributed by atoms with Gasteiger partial charge < -0.3 is 20.5 Å². The van der Waals surface area contributed by atoms with Crippen molar-refractivity contribution in [2.24, 2.45) is 0 Å². The molecular weight excluding hydrogens is 256 g/mol. The molecule has 0 bridgehead atoms. The molecule has 0 aromatic heterocycles. The number of para-hydroxylation sites is 2. The molecule has 5 nitrogen and oxygen atoms in total. The molecule has 5 heteroatoms. The van der Waals surface area contributed by atoms with E-state index in [9.17, 15) is 9.90 Å². The predicted octanol–water partition coefficient (Wildman–Crippen LogP) is 2.74. The molecule has 0 aliphatic carbocycles. The van der Waals surface area contributed by atoms with Crippen molar-refractivity contribution >= 4 is 23.0 Å². The van der Waals surface area contributed by atoms with Crippen LogP contribution in [-0.2, 0) is 0 Å². The van der Waals surface area contributed by atoms with Gasteiger partial charge in [-0.3, -0.25) is 0 Å². The van der Waals surface area contributed by atoms with Crippen molar-refractivity contribution in [2.45, 2.75) is 0 Å². The maximum Gasteiger partial charge on any atom is 0.337 e. The number of aromatic carboxylic acids is 1. The molecule has 104 valence electrons. The van der Waals surface area contributed by atoms with Gasteiger partial charge in [0, 0.05) is 12.7 Å². The lowest BCUT2D eigenvalue weighted by Gasteiger charge is -2.23. The number of nitrogen functional groups attached to an aromatic ring is 1. The van der Waals surface area contributed by atoms with Gasteiger partial charge in [0.05, 0.1) is 24.0 Å². The highest BCUT2D eigenvalue weighted by Gasteiger charge is 2.17. The highest BCUT2D eigenvalue weighted by molar-refractivity contribution is 5.97. The van der Waals surface area contributed by atoms with Crippen molar-refractivity contribution in [3.8, 4) is 5.75 Å². The van der Waals surface area contributed by atoms with E-state index in [1.165, 1.54) is 6.07 Å². The van der Waals surface area contributed by atoms with Crippen molar-refractivity contribution in [1.82, 2.24) is 0 Å². The first-order chi connectivity index (χ1) is 9.54. The molecule has 0 amide bonds. The Kier molecular flexibility index (Phi) is 3.79. The normalized spacial score (nSPS) is 10.1. The van der Waals surface area contributed by atoms with E-state index in [0.29, 0.717) is 17.1 Å². The van der Waals surface area contributed by atoms with Crippen LogP contribution >= 0.6 is 0 Å². The first kappa shape index (κ1) is 13.7. The largest absolute Gasteiger partial charge is 0.495 e. The third kappa shape index (κ3) is 2.51. The Morgan fingerprint density at radius 3 is 2.55 bits per heavy atom. The number of rotatable bonds is 4. The fourth-order valence-corrected chi connectivity index (χ4v) is 2.05. The zero-order valence-electron chi connectivity index (χ0n) is 11.3. The Balaban J connectivity index is 2.53. The molecule has 0 aliphatic heterocycles. The first-order valence-corrected chi connectivity index (χ1v) is 6.04. The summed E-state index contributed by atoms with van der Waals surface area (Å²) in [5.41, 5.74) is 7.55. The molecule has 20 heavy (non-hydrogen) atoms. The summed E-state index contributed by atoms with van der Waals surface area (Å²) < 4.78 is 5.30. The van der Waals surface area contributed by atoms with Crippen LogP contribution in [0.15, 0.2) is 42.5 Å². The van der Waals surface area contributed by atoms with Gasteiger partial charge in [0.15, 0.2) is 0 Å². The molecule has 0 heterocycles. The summed E-state index contributed by atoms with van der Waals surface area (Å²) in [4.78, 5) is 13.1. The number of anilines is 3. The van der Waals surface area contributed by atoms with Crippen LogP contribution in [0.1, 0.15) is 10.4 Å². The third-order valence-corrected chi connectivity index (χ3v) is 3.06. The van der Waals surface area contributed by atoms with Gasteiger partial charge in [-0.2, -0.15) is 0 Å². The molecule has 3 N–H and O–H groups in total. The summed E-state index contributed by atoms with van der Waals surface area (Å²) in [7, 11) is 3.36. The summed E-state index contributed by atoms with van der Waals surface area (Å²) in [6, 6.07) is 12.2. The van der Waals surface area contributed by atoms with E-state index >= 15 is 0 Å². The zero-order valence-corrected chi connectivity index (χ0v) is 11.3. The molecule has 0 aliphatic rings. The molecule has 0 radical (unpaired) electrons. The van der Waals surface area contributed by atoms with Crippen LogP contribution < -0.4 is 15.4 Å². The lowest BCUT2D eigenvalue weighted by molar-refractivity contribution is 0.0697. The second-order valence-electron chi connectivity index (χ2n) is 4.31. The topological polar surface area (TPSA) is 75.8 Å². The first-order valence-electron chi connectivity index (χ1n) is 6.04. The maximum atomic E-state index is 11.4. The highest BCUT2D eigenvalue weighted by Crippen LogP contribution is 2.34. The SMILES string of the molecule is COc1ccccc1N(C)c1ccc(N)cc1C(=O)O. The number of nitrogens with two attached hydrogens (primary N) is 1. The highest BCUT2D eigenvalue weighted by atomic mass is 16.5. The van der Waals surface area contributed by atoms with E-state index in [-0.39, 0.29) is 5.56 Å². The minimum absolute atomic E-state index is 0.151. The van der Waals surface area contributed by atoms with E-state index in [4.69, 9.17) is 10.5 Å². The molecule has 0 spiro atoms. The van der Waals surface area contributed by atoms with Gasteiger partial charge in [-0.25, -0.2) is 4.79 Å². The van der Waals surface area contributed by atoms with E-state index in [1.807, 2.05) is 24.3 Å². The van der Waals surface area contributed by atoms with Crippen molar-refractivity contribution in [2.75, 3.05) is 24.8 Å². The quantitative estimate of drug-likeness (QED) is 0.837. The summed E-state index contributed by atoms with van der Waals surface area (Å²) >= 11 is 0. The molecule has 2 aromatic carbocycles. The van der Waals surface area contributed by atoms with E-state index in [2.05, 4.69) is 0 Å². The number of benzene rings is 2. The fraction of sp³-hybridized carbons (Fsp3) is 0.133. The van der Waals surface area contributed by atoms with Crippen LogP contribution in [0.25, 0.3) is 0 Å². The Morgan fingerprint density at radius 1 is 1.20 bits per heavy atom. The lowest BCUT2D eigenvalue weighted by Crippen LogP contribution is -2.15. The van der Waals surface area contributed by atoms with Gasteiger partial charge in [-0.05, 0) is 30.3 Å². The van der Waals surface area contributed by atoms with E-state index < -0.39 is 5.97 Å². The standard InChI is InChI=1S/C15H16N2O3/c1-17(13-5-3-4-6-14(13)20-2)12-8-7-10(16)9-11(12)15(18)19/h3-9H,16H2,1-2H3,(H,18,19). The van der Waals surface area contributed by atoms with Gasteiger partial charge in [0.1, 0.15) is 5.75 Å². The number of hydrogen-bond donors (Lipinski definition) is 2. The maximum absolute atomic E-state index is 11.4. The zero-order chi connectivity index (χ0) is 14.7. The van der Waals surface area contributed by atoms with Crippen molar-refractivity contribution in [1.29, 1.82) is 0 Å². The molecule has 0 unspecified atom stereocenters. The second kappa shape index (κ2) is 5.52. The van der Waals surface area contributed by atoms with Crippen LogP contribution in [0.2, 0.25) is 0 Å². The summed E-state index contributed by atoms with van der Waals surface area (Å²) in [6.45, 7) is 0. The van der Waals surface area contributed by atoms with Crippen molar-refractivity contribution < 1.29 is 14.6 Å². The average molecular weight is 272 g/mol. The van der Waals surface area contributed by atoms with Crippen LogP contribution in [0.4, 0.5) is 17.1 Å². The molecule has 0 saturated carbocycles. The molecule has 0 fully saturated rings. The number of ether oxygens (including phenoxy) is 1. The van der Waals surface area contributed by atoms with E-state index in [1.54, 1.807) is 31.2 Å². The van der Waals surface area contributed by atoms with Gasteiger partial charge in [-0.15, -0.1) is 0 Å². The minimum atomic E-state index is -1.02. The molecule has 2 aromatic rings. The number of methoxy groups -OCH3 is 1. The Labute approximate surface area is 117 Å². The average Bonchev–Trinajstić information content (AvgIpc) is 2.46. The Hall–Kier alpha value is -2.69. The number of carboxylic acid groups (broad SMARTS) is 1. The van der Waals surface area contributed by atoms with Crippen LogP contribution in [-0.4, -0.2) is 25.2 Å². The number of hydrogen-bond acceptors (Lipinski definition) is 4. The molecule has 0 atom stereocenters. The summed E-state index contributed by atoms with van der Waals surface area (Å²) in [5, 5.41) is 9.30. The molecule has 2 rings (SSSR count). The minimum Gasteiger partial charge on any atom is -0.495 e. The van der Waals surface area contributed by atoms with Crippen LogP contribution in [0, 0.1) is 0 Å². The van der Waals surface area contributed by atoms with E-state index in [0.717, 1.165) is 5.69 Å². The van der Waals surface area contributed by atoms with Crippen LogP contribution in [0.5, 0.6) is 5.75 Å². The fourth-order valence-electron chi connectivity index (χ4n) is 2.05. The second-order valence-corrected chi connectivity index (χ2v) is 4.31. The van der Waals surface area contributed by atoms with Crippen molar-refractivity contribution in [3.05, 3.63) is 48.0 Å². The van der Waals surface area contributed by atoms with Gasteiger partial charge in [0.2, 0.25) is 0 Å². The molecule has 0 saturated heterocycles. The van der Waals surface area contributed by atoms with Crippen molar-refractivity contribution in [3.63, 3.8) is 0 Å².